The van der Waals surface area contributed by atoms with Crippen LogP contribution in [0.25, 0.3) is 11.1 Å². The van der Waals surface area contributed by atoms with Gasteiger partial charge < -0.3 is 10.4 Å². The van der Waals surface area contributed by atoms with Crippen LogP contribution in [0.2, 0.25) is 0 Å². The first-order chi connectivity index (χ1) is 16.0. The van der Waals surface area contributed by atoms with E-state index in [1.54, 1.807) is 18.2 Å². The summed E-state index contributed by atoms with van der Waals surface area (Å²) in [6.45, 7) is 4.02. The largest absolute Gasteiger partial charge is 0.508 e. The first kappa shape index (κ1) is 22.4. The molecule has 3 aromatic carbocycles. The number of hydrogen-bond donors (Lipinski definition) is 2. The minimum absolute atomic E-state index is 0.0339. The molecule has 0 aliphatic carbocycles. The van der Waals surface area contributed by atoms with Crippen molar-refractivity contribution in [2.24, 2.45) is 4.99 Å². The smallest absolute Gasteiger partial charge is 0.242 e. The van der Waals surface area contributed by atoms with Gasteiger partial charge in [-0.1, -0.05) is 60.3 Å². The maximum Gasteiger partial charge on any atom is 0.242 e. The second kappa shape index (κ2) is 10.2. The molecular weight excluding hydrogens is 434 g/mol. The van der Waals surface area contributed by atoms with E-state index in [4.69, 9.17) is 0 Å². The third-order valence-electron chi connectivity index (χ3n) is 5.05. The average molecular weight is 458 g/mol. The zero-order valence-corrected chi connectivity index (χ0v) is 18.7. The fourth-order valence-electron chi connectivity index (χ4n) is 3.42. The molecule has 1 heterocycles. The molecule has 1 aliphatic heterocycles. The normalized spacial score (nSPS) is 16.7. The Morgan fingerprint density at radius 2 is 1.70 bits per heavy atom. The number of amides is 2. The Labute approximate surface area is 196 Å². The van der Waals surface area contributed by atoms with Crippen molar-refractivity contribution in [2.45, 2.75) is 11.7 Å². The van der Waals surface area contributed by atoms with Crippen molar-refractivity contribution in [3.8, 4) is 16.9 Å². The van der Waals surface area contributed by atoms with Gasteiger partial charge in [0.25, 0.3) is 0 Å². The average Bonchev–Trinajstić information content (AvgIpc) is 3.10. The Bertz CT molecular complexity index is 1180. The van der Waals surface area contributed by atoms with E-state index < -0.39 is 5.25 Å². The summed E-state index contributed by atoms with van der Waals surface area (Å²) in [6, 6.07) is 24.0. The van der Waals surface area contributed by atoms with E-state index in [1.807, 2.05) is 54.6 Å². The Balaban J connectivity index is 1.42. The van der Waals surface area contributed by atoms with Gasteiger partial charge in [-0.15, -0.1) is 6.58 Å². The van der Waals surface area contributed by atoms with E-state index in [0.717, 1.165) is 11.1 Å². The Hall–Kier alpha value is -3.84. The lowest BCUT2D eigenvalue weighted by Gasteiger charge is -2.13. The number of hydrogen-bond acceptors (Lipinski definition) is 5. The molecule has 166 valence electrons. The predicted molar refractivity (Wildman–Crippen MR) is 134 cm³/mol. The highest BCUT2D eigenvalue weighted by atomic mass is 32.2. The van der Waals surface area contributed by atoms with Crippen LogP contribution in [0.15, 0.2) is 96.5 Å². The molecule has 3 aromatic rings. The van der Waals surface area contributed by atoms with Crippen LogP contribution in [0.3, 0.4) is 0 Å². The van der Waals surface area contributed by atoms with Gasteiger partial charge in [-0.05, 0) is 47.5 Å². The van der Waals surface area contributed by atoms with Crippen LogP contribution in [0.1, 0.15) is 6.42 Å². The van der Waals surface area contributed by atoms with Crippen molar-refractivity contribution >= 4 is 40.1 Å². The second-order valence-electron chi connectivity index (χ2n) is 7.45. The van der Waals surface area contributed by atoms with Gasteiger partial charge in [0, 0.05) is 18.7 Å². The second-order valence-corrected chi connectivity index (χ2v) is 8.62. The van der Waals surface area contributed by atoms with Gasteiger partial charge in [0.2, 0.25) is 11.8 Å². The maximum absolute atomic E-state index is 12.9. The summed E-state index contributed by atoms with van der Waals surface area (Å²) in [6.07, 6.45) is 1.66. The van der Waals surface area contributed by atoms with Crippen LogP contribution in [0.4, 0.5) is 11.4 Å². The topological polar surface area (TPSA) is 82.0 Å². The molecule has 1 aliphatic rings. The van der Waals surface area contributed by atoms with Crippen LogP contribution in [-0.2, 0) is 9.59 Å². The molecule has 1 atom stereocenters. The monoisotopic (exact) mass is 457 g/mol. The molecule has 0 saturated carbocycles. The quantitative estimate of drug-likeness (QED) is 0.478. The molecule has 1 saturated heterocycles. The van der Waals surface area contributed by atoms with Crippen molar-refractivity contribution in [2.75, 3.05) is 11.9 Å². The van der Waals surface area contributed by atoms with Gasteiger partial charge in [-0.3, -0.25) is 14.5 Å². The third kappa shape index (κ3) is 5.51. The number of anilines is 1. The van der Waals surface area contributed by atoms with E-state index in [9.17, 15) is 14.7 Å². The number of phenolic OH excluding ortho intramolecular Hbond substituents is 1. The maximum atomic E-state index is 12.9. The standard InChI is InChI=1S/C26H23N3O3S/c1-2-16-29-25(32)23(33-26(29)28-21-12-14-22(30)15-13-21)17-24(31)27-20-10-8-19(9-11-20)18-6-4-3-5-7-18/h2-15,23,30H,1,16-17H2,(H,27,31). The molecule has 1 unspecified atom stereocenters. The predicted octanol–water partition coefficient (Wildman–Crippen LogP) is 5.21. The molecule has 1 fully saturated rings. The Kier molecular flexibility index (Phi) is 6.90. The van der Waals surface area contributed by atoms with E-state index in [-0.39, 0.29) is 24.0 Å². The van der Waals surface area contributed by atoms with Gasteiger partial charge >= 0.3 is 0 Å². The van der Waals surface area contributed by atoms with E-state index in [2.05, 4.69) is 16.9 Å². The summed E-state index contributed by atoms with van der Waals surface area (Å²) in [4.78, 5) is 31.6. The van der Waals surface area contributed by atoms with Gasteiger partial charge in [0.05, 0.1) is 5.69 Å². The third-order valence-corrected chi connectivity index (χ3v) is 6.23. The number of nitrogens with one attached hydrogen (secondary N) is 1. The Morgan fingerprint density at radius 1 is 1.03 bits per heavy atom. The number of phenols is 1. The van der Waals surface area contributed by atoms with Crippen molar-refractivity contribution in [3.63, 3.8) is 0 Å². The van der Waals surface area contributed by atoms with Gasteiger partial charge in [-0.2, -0.15) is 0 Å². The van der Waals surface area contributed by atoms with Crippen LogP contribution in [0.5, 0.6) is 5.75 Å². The summed E-state index contributed by atoms with van der Waals surface area (Å²) in [5.74, 6) is -0.270. The highest BCUT2D eigenvalue weighted by Crippen LogP contribution is 2.32. The summed E-state index contributed by atoms with van der Waals surface area (Å²) in [5, 5.41) is 12.3. The summed E-state index contributed by atoms with van der Waals surface area (Å²) >= 11 is 1.26. The minimum atomic E-state index is -0.565. The van der Waals surface area contributed by atoms with Crippen LogP contribution in [0, 0.1) is 0 Å². The van der Waals surface area contributed by atoms with Crippen molar-refractivity contribution < 1.29 is 14.7 Å². The molecular formula is C26H23N3O3S. The number of carbonyl (C=O) groups is 2. The van der Waals surface area contributed by atoms with Crippen molar-refractivity contribution in [3.05, 3.63) is 91.5 Å². The molecule has 0 spiro atoms. The van der Waals surface area contributed by atoms with Gasteiger partial charge in [0.1, 0.15) is 11.0 Å². The first-order valence-corrected chi connectivity index (χ1v) is 11.3. The fourth-order valence-corrected chi connectivity index (χ4v) is 4.58. The number of rotatable bonds is 7. The number of benzene rings is 3. The zero-order chi connectivity index (χ0) is 23.2. The summed E-state index contributed by atoms with van der Waals surface area (Å²) in [5.41, 5.74) is 3.45. The molecule has 6 nitrogen and oxygen atoms in total. The minimum Gasteiger partial charge on any atom is -0.508 e. The SMILES string of the molecule is C=CCN1C(=O)C(CC(=O)Nc2ccc(-c3ccccc3)cc2)SC1=Nc1ccc(O)cc1. The highest BCUT2D eigenvalue weighted by Gasteiger charge is 2.38. The van der Waals surface area contributed by atoms with Gasteiger partial charge in [0.15, 0.2) is 5.17 Å². The van der Waals surface area contributed by atoms with Crippen LogP contribution >= 0.6 is 11.8 Å². The van der Waals surface area contributed by atoms with Crippen LogP contribution < -0.4 is 5.32 Å². The van der Waals surface area contributed by atoms with E-state index in [0.29, 0.717) is 23.1 Å². The summed E-state index contributed by atoms with van der Waals surface area (Å²) in [7, 11) is 0. The molecule has 0 bridgehead atoms. The molecule has 4 rings (SSSR count). The van der Waals surface area contributed by atoms with Crippen molar-refractivity contribution in [1.82, 2.24) is 4.90 Å². The van der Waals surface area contributed by atoms with Gasteiger partial charge in [-0.25, -0.2) is 4.99 Å². The molecule has 33 heavy (non-hydrogen) atoms. The molecule has 0 aromatic heterocycles. The fraction of sp³-hybridized carbons (Fsp3) is 0.115. The highest BCUT2D eigenvalue weighted by molar-refractivity contribution is 8.15. The molecule has 0 radical (unpaired) electrons. The van der Waals surface area contributed by atoms with E-state index in [1.165, 1.54) is 28.8 Å². The first-order valence-electron chi connectivity index (χ1n) is 10.5. The molecule has 2 amide bonds. The zero-order valence-electron chi connectivity index (χ0n) is 17.8. The molecule has 7 heteroatoms. The number of carbonyl (C=O) groups excluding carboxylic acids is 2. The number of aromatic hydroxyl groups is 1. The van der Waals surface area contributed by atoms with E-state index >= 15 is 0 Å². The lowest BCUT2D eigenvalue weighted by molar-refractivity contribution is -0.127. The Morgan fingerprint density at radius 3 is 2.36 bits per heavy atom. The summed E-state index contributed by atoms with van der Waals surface area (Å²) < 4.78 is 0. The lowest BCUT2D eigenvalue weighted by atomic mass is 10.1. The van der Waals surface area contributed by atoms with Crippen LogP contribution in [-0.4, -0.2) is 38.8 Å². The lowest BCUT2D eigenvalue weighted by Crippen LogP contribution is -2.33. The number of thioether (sulfide) groups is 1. The van der Waals surface area contributed by atoms with Crippen molar-refractivity contribution in [1.29, 1.82) is 0 Å². The molecule has 2 N–H and O–H groups in total. The number of aliphatic imine (C=N–C) groups is 1. The number of nitrogens with zero attached hydrogens (tertiary/aromatic N) is 2. The number of amidine groups is 1.